The number of hydrogen-bond acceptors (Lipinski definition) is 2. The standard InChI is InChI=1S/C4H4F3NO2/c5-4(6,7)1-2(8)3(9)10/h1H,8H2,(H,9,10)/b2-1-. The maximum atomic E-state index is 11.2. The Morgan fingerprint density at radius 3 is 2.00 bits per heavy atom. The van der Waals surface area contributed by atoms with Crippen molar-refractivity contribution in [3.8, 4) is 0 Å². The highest BCUT2D eigenvalue weighted by Gasteiger charge is 2.25. The normalized spacial score (nSPS) is 13.3. The lowest BCUT2D eigenvalue weighted by Crippen LogP contribution is -2.15. The fraction of sp³-hybridized carbons (Fsp3) is 0.250. The maximum absolute atomic E-state index is 11.2. The first-order chi connectivity index (χ1) is 4.33. The van der Waals surface area contributed by atoms with Crippen molar-refractivity contribution < 1.29 is 23.1 Å². The highest BCUT2D eigenvalue weighted by atomic mass is 19.4. The quantitative estimate of drug-likeness (QED) is 0.541. The van der Waals surface area contributed by atoms with Crippen LogP contribution in [0.2, 0.25) is 0 Å². The van der Waals surface area contributed by atoms with Crippen molar-refractivity contribution >= 4 is 5.97 Å². The fourth-order valence-electron chi connectivity index (χ4n) is 0.238. The average Bonchev–Trinajstić information content (AvgIpc) is 1.60. The van der Waals surface area contributed by atoms with Gasteiger partial charge in [-0.3, -0.25) is 0 Å². The molecule has 58 valence electrons. The molecule has 0 unspecified atom stereocenters. The van der Waals surface area contributed by atoms with E-state index in [1.54, 1.807) is 0 Å². The fourth-order valence-corrected chi connectivity index (χ4v) is 0.238. The summed E-state index contributed by atoms with van der Waals surface area (Å²) in [5, 5.41) is 7.85. The highest BCUT2D eigenvalue weighted by Crippen LogP contribution is 2.16. The second kappa shape index (κ2) is 2.59. The molecule has 0 atom stereocenters. The number of carboxylic acids is 1. The average molecular weight is 155 g/mol. The summed E-state index contributed by atoms with van der Waals surface area (Å²) in [6, 6.07) is 0. The van der Waals surface area contributed by atoms with Gasteiger partial charge in [0.25, 0.3) is 0 Å². The summed E-state index contributed by atoms with van der Waals surface area (Å²) >= 11 is 0. The van der Waals surface area contributed by atoms with Gasteiger partial charge >= 0.3 is 12.1 Å². The van der Waals surface area contributed by atoms with E-state index in [1.807, 2.05) is 0 Å². The van der Waals surface area contributed by atoms with Gasteiger partial charge < -0.3 is 10.8 Å². The molecule has 0 bridgehead atoms. The van der Waals surface area contributed by atoms with Crippen LogP contribution in [-0.4, -0.2) is 17.3 Å². The number of nitrogens with two attached hydrogens (primary N) is 1. The number of alkyl halides is 3. The zero-order chi connectivity index (χ0) is 8.36. The summed E-state index contributed by atoms with van der Waals surface area (Å²) in [4.78, 5) is 9.68. The number of rotatable bonds is 1. The molecule has 0 radical (unpaired) electrons. The molecule has 0 aliphatic carbocycles. The third-order valence-corrected chi connectivity index (χ3v) is 0.566. The van der Waals surface area contributed by atoms with Crippen LogP contribution in [0.25, 0.3) is 0 Å². The molecule has 10 heavy (non-hydrogen) atoms. The van der Waals surface area contributed by atoms with Gasteiger partial charge in [-0.05, 0) is 0 Å². The summed E-state index contributed by atoms with van der Waals surface area (Å²) in [6.45, 7) is 0. The van der Waals surface area contributed by atoms with Gasteiger partial charge in [-0.25, -0.2) is 4.79 Å². The van der Waals surface area contributed by atoms with Crippen LogP contribution in [0.15, 0.2) is 11.8 Å². The van der Waals surface area contributed by atoms with Crippen LogP contribution in [0.4, 0.5) is 13.2 Å². The van der Waals surface area contributed by atoms with Crippen LogP contribution in [0.3, 0.4) is 0 Å². The largest absolute Gasteiger partial charge is 0.477 e. The molecule has 0 aliphatic heterocycles. The third-order valence-electron chi connectivity index (χ3n) is 0.566. The first-order valence-electron chi connectivity index (χ1n) is 2.11. The predicted octanol–water partition coefficient (Wildman–Crippen LogP) is 0.476. The van der Waals surface area contributed by atoms with Gasteiger partial charge in [0.1, 0.15) is 5.70 Å². The van der Waals surface area contributed by atoms with E-state index in [4.69, 9.17) is 5.11 Å². The number of carboxylic acid groups (broad SMARTS) is 1. The second-order valence-electron chi connectivity index (χ2n) is 1.45. The van der Waals surface area contributed by atoms with E-state index in [9.17, 15) is 18.0 Å². The van der Waals surface area contributed by atoms with E-state index in [0.29, 0.717) is 0 Å². The van der Waals surface area contributed by atoms with Crippen LogP contribution in [0.1, 0.15) is 0 Å². The summed E-state index contributed by atoms with van der Waals surface area (Å²) < 4.78 is 33.7. The van der Waals surface area contributed by atoms with E-state index in [2.05, 4.69) is 5.73 Å². The van der Waals surface area contributed by atoms with Crippen molar-refractivity contribution in [1.82, 2.24) is 0 Å². The molecule has 0 spiro atoms. The Labute approximate surface area is 53.9 Å². The Morgan fingerprint density at radius 1 is 1.50 bits per heavy atom. The van der Waals surface area contributed by atoms with Gasteiger partial charge in [-0.1, -0.05) is 0 Å². The second-order valence-corrected chi connectivity index (χ2v) is 1.45. The number of hydrogen-bond donors (Lipinski definition) is 2. The van der Waals surface area contributed by atoms with Crippen molar-refractivity contribution in [2.45, 2.75) is 6.18 Å². The topological polar surface area (TPSA) is 63.3 Å². The molecule has 0 aromatic carbocycles. The zero-order valence-electron chi connectivity index (χ0n) is 4.64. The first-order valence-corrected chi connectivity index (χ1v) is 2.11. The Balaban J connectivity index is 4.32. The third kappa shape index (κ3) is 3.76. The van der Waals surface area contributed by atoms with Crippen LogP contribution >= 0.6 is 0 Å². The lowest BCUT2D eigenvalue weighted by atomic mass is 10.4. The van der Waals surface area contributed by atoms with Gasteiger partial charge in [-0.15, -0.1) is 0 Å². The van der Waals surface area contributed by atoms with Crippen LogP contribution < -0.4 is 5.73 Å². The molecule has 6 heteroatoms. The monoisotopic (exact) mass is 155 g/mol. The van der Waals surface area contributed by atoms with E-state index in [1.165, 1.54) is 0 Å². The van der Waals surface area contributed by atoms with E-state index in [-0.39, 0.29) is 0 Å². The zero-order valence-corrected chi connectivity index (χ0v) is 4.64. The number of aliphatic carboxylic acids is 1. The maximum Gasteiger partial charge on any atom is 0.411 e. The van der Waals surface area contributed by atoms with Crippen molar-refractivity contribution in [2.24, 2.45) is 5.73 Å². The number of carbonyl (C=O) groups is 1. The van der Waals surface area contributed by atoms with Gasteiger partial charge in [0.2, 0.25) is 0 Å². The first kappa shape index (κ1) is 8.80. The minimum atomic E-state index is -4.66. The highest BCUT2D eigenvalue weighted by molar-refractivity contribution is 5.85. The van der Waals surface area contributed by atoms with Gasteiger partial charge in [-0.2, -0.15) is 13.2 Å². The number of halogens is 3. The molecule has 0 rings (SSSR count). The van der Waals surface area contributed by atoms with E-state index >= 15 is 0 Å². The summed E-state index contributed by atoms with van der Waals surface area (Å²) in [5.41, 5.74) is 3.23. The molecule has 0 heterocycles. The van der Waals surface area contributed by atoms with Crippen molar-refractivity contribution in [3.05, 3.63) is 11.8 Å². The Hall–Kier alpha value is -1.20. The Morgan fingerprint density at radius 2 is 1.90 bits per heavy atom. The molecular formula is C4H4F3NO2. The molecule has 0 amide bonds. The van der Waals surface area contributed by atoms with Crippen molar-refractivity contribution in [1.29, 1.82) is 0 Å². The molecule has 0 aromatic heterocycles. The lowest BCUT2D eigenvalue weighted by Gasteiger charge is -1.98. The minimum absolute atomic E-state index is 0.477. The molecule has 0 aromatic rings. The predicted molar refractivity (Wildman–Crippen MR) is 26.0 cm³/mol. The van der Waals surface area contributed by atoms with Gasteiger partial charge in [0, 0.05) is 6.08 Å². The molecule has 3 nitrogen and oxygen atoms in total. The van der Waals surface area contributed by atoms with Crippen LogP contribution in [0, 0.1) is 0 Å². The van der Waals surface area contributed by atoms with Gasteiger partial charge in [0.15, 0.2) is 0 Å². The van der Waals surface area contributed by atoms with Crippen molar-refractivity contribution in [3.63, 3.8) is 0 Å². The molecular weight excluding hydrogens is 151 g/mol. The lowest BCUT2D eigenvalue weighted by molar-refractivity contribution is -0.133. The van der Waals surface area contributed by atoms with Crippen molar-refractivity contribution in [2.75, 3.05) is 0 Å². The van der Waals surface area contributed by atoms with Gasteiger partial charge in [0.05, 0.1) is 0 Å². The molecule has 0 fully saturated rings. The smallest absolute Gasteiger partial charge is 0.411 e. The molecule has 0 saturated heterocycles. The summed E-state index contributed by atoms with van der Waals surface area (Å²) in [5.74, 6) is -1.78. The number of allylic oxidation sites excluding steroid dienone is 1. The van der Waals surface area contributed by atoms with E-state index in [0.717, 1.165) is 0 Å². The molecule has 3 N–H and O–H groups in total. The van der Waals surface area contributed by atoms with Crippen LogP contribution in [-0.2, 0) is 4.79 Å². The Kier molecular flexibility index (Phi) is 2.28. The Bertz CT molecular complexity index is 172. The minimum Gasteiger partial charge on any atom is -0.477 e. The molecule has 0 saturated carbocycles. The SMILES string of the molecule is N/C(=C\C(F)(F)F)C(=O)O. The molecule has 0 aliphatic rings. The summed E-state index contributed by atoms with van der Waals surface area (Å²) in [6.07, 6.45) is -5.14. The van der Waals surface area contributed by atoms with E-state index < -0.39 is 23.9 Å². The summed E-state index contributed by atoms with van der Waals surface area (Å²) in [7, 11) is 0. The van der Waals surface area contributed by atoms with Crippen LogP contribution in [0.5, 0.6) is 0 Å².